The molecule has 0 spiro atoms. The molecular formula is C17H13ClN4O3S. The average Bonchev–Trinajstić information content (AvgIpc) is 2.90. The minimum Gasteiger partial charge on any atom is -0.423 e. The Labute approximate surface area is 155 Å². The number of hydrogen-bond acceptors (Lipinski definition) is 6. The van der Waals surface area contributed by atoms with Crippen LogP contribution < -0.4 is 9.04 Å². The maximum atomic E-state index is 13.0. The first-order chi connectivity index (χ1) is 12.5. The van der Waals surface area contributed by atoms with Gasteiger partial charge in [-0.15, -0.1) is 0 Å². The Balaban J connectivity index is 1.71. The zero-order chi connectivity index (χ0) is 18.3. The molecule has 0 unspecified atom stereocenters. The highest BCUT2D eigenvalue weighted by Gasteiger charge is 2.38. The largest absolute Gasteiger partial charge is 0.423 e. The minimum absolute atomic E-state index is 0.0314. The third kappa shape index (κ3) is 2.77. The molecule has 0 N–H and O–H groups in total. The molecule has 0 atom stereocenters. The van der Waals surface area contributed by atoms with Gasteiger partial charge < -0.3 is 4.74 Å². The predicted octanol–water partition coefficient (Wildman–Crippen LogP) is 3.33. The quantitative estimate of drug-likeness (QED) is 0.684. The lowest BCUT2D eigenvalue weighted by molar-refractivity contribution is 0.440. The van der Waals surface area contributed by atoms with Crippen molar-refractivity contribution in [3.63, 3.8) is 0 Å². The number of pyridine rings is 1. The topological polar surface area (TPSA) is 85.3 Å². The molecular weight excluding hydrogens is 376 g/mol. The molecule has 1 aliphatic rings. The third-order valence-electron chi connectivity index (χ3n) is 3.95. The van der Waals surface area contributed by atoms with Gasteiger partial charge >= 0.3 is 6.01 Å². The van der Waals surface area contributed by atoms with E-state index in [-0.39, 0.29) is 28.3 Å². The minimum atomic E-state index is -3.80. The number of hydrogen-bond donors (Lipinski definition) is 0. The molecule has 9 heteroatoms. The SMILES string of the molecule is Cc1ccc2c(c1Cl)S(=O)(=O)N(c1ccnc(Oc3cccnc3)n1)C2. The van der Waals surface area contributed by atoms with E-state index in [4.69, 9.17) is 16.3 Å². The van der Waals surface area contributed by atoms with Crippen LogP contribution in [-0.2, 0) is 16.6 Å². The third-order valence-corrected chi connectivity index (χ3v) is 6.43. The Morgan fingerprint density at radius 3 is 2.81 bits per heavy atom. The molecule has 0 radical (unpaired) electrons. The highest BCUT2D eigenvalue weighted by molar-refractivity contribution is 7.93. The number of halogens is 1. The van der Waals surface area contributed by atoms with Crippen LogP contribution in [0.3, 0.4) is 0 Å². The van der Waals surface area contributed by atoms with Crippen molar-refractivity contribution < 1.29 is 13.2 Å². The van der Waals surface area contributed by atoms with Crippen LogP contribution in [0.5, 0.6) is 11.8 Å². The molecule has 26 heavy (non-hydrogen) atoms. The number of anilines is 1. The molecule has 1 aliphatic heterocycles. The molecule has 0 amide bonds. The van der Waals surface area contributed by atoms with Crippen LogP contribution in [0, 0.1) is 6.92 Å². The normalized spacial score (nSPS) is 14.9. The molecule has 0 aliphatic carbocycles. The van der Waals surface area contributed by atoms with E-state index in [1.165, 1.54) is 22.8 Å². The Hall–Kier alpha value is -2.71. The number of fused-ring (bicyclic) bond motifs is 1. The van der Waals surface area contributed by atoms with E-state index >= 15 is 0 Å². The van der Waals surface area contributed by atoms with E-state index in [1.54, 1.807) is 37.4 Å². The van der Waals surface area contributed by atoms with E-state index in [0.29, 0.717) is 16.9 Å². The number of aromatic nitrogens is 3. The molecule has 0 saturated heterocycles. The summed E-state index contributed by atoms with van der Waals surface area (Å²) >= 11 is 6.24. The van der Waals surface area contributed by atoms with Gasteiger partial charge in [0.1, 0.15) is 16.5 Å². The second-order valence-electron chi connectivity index (χ2n) is 5.68. The zero-order valence-electron chi connectivity index (χ0n) is 13.6. The predicted molar refractivity (Wildman–Crippen MR) is 95.9 cm³/mol. The van der Waals surface area contributed by atoms with Crippen molar-refractivity contribution >= 4 is 27.4 Å². The molecule has 4 rings (SSSR count). The van der Waals surface area contributed by atoms with Gasteiger partial charge in [0.15, 0.2) is 0 Å². The van der Waals surface area contributed by atoms with Gasteiger partial charge in [-0.2, -0.15) is 4.98 Å². The summed E-state index contributed by atoms with van der Waals surface area (Å²) in [5.41, 5.74) is 1.34. The maximum Gasteiger partial charge on any atom is 0.323 e. The van der Waals surface area contributed by atoms with Gasteiger partial charge in [0, 0.05) is 18.5 Å². The van der Waals surface area contributed by atoms with Crippen molar-refractivity contribution in [3.05, 3.63) is 65.1 Å². The van der Waals surface area contributed by atoms with Crippen LogP contribution in [0.1, 0.15) is 11.1 Å². The summed E-state index contributed by atoms with van der Waals surface area (Å²) in [6, 6.07) is 8.53. The first-order valence-electron chi connectivity index (χ1n) is 7.68. The van der Waals surface area contributed by atoms with Crippen LogP contribution in [0.2, 0.25) is 5.02 Å². The highest BCUT2D eigenvalue weighted by atomic mass is 35.5. The van der Waals surface area contributed by atoms with Crippen molar-refractivity contribution in [1.82, 2.24) is 15.0 Å². The summed E-state index contributed by atoms with van der Waals surface area (Å²) in [5, 5.41) is 0.242. The number of ether oxygens (including phenoxy) is 1. The van der Waals surface area contributed by atoms with Crippen LogP contribution in [0.4, 0.5) is 5.82 Å². The van der Waals surface area contributed by atoms with E-state index in [1.807, 2.05) is 0 Å². The molecule has 3 heterocycles. The second-order valence-corrected chi connectivity index (χ2v) is 7.86. The number of benzene rings is 1. The van der Waals surface area contributed by atoms with Gasteiger partial charge in [0.25, 0.3) is 10.0 Å². The molecule has 132 valence electrons. The fraction of sp³-hybridized carbons (Fsp3) is 0.118. The average molecular weight is 389 g/mol. The molecule has 0 saturated carbocycles. The first-order valence-corrected chi connectivity index (χ1v) is 9.50. The van der Waals surface area contributed by atoms with Crippen LogP contribution in [0.25, 0.3) is 0 Å². The number of rotatable bonds is 3. The zero-order valence-corrected chi connectivity index (χ0v) is 15.2. The van der Waals surface area contributed by atoms with Gasteiger partial charge in [-0.3, -0.25) is 4.98 Å². The first kappa shape index (κ1) is 16.7. The van der Waals surface area contributed by atoms with E-state index in [9.17, 15) is 8.42 Å². The molecule has 3 aromatic rings. The Kier molecular flexibility index (Phi) is 4.01. The standard InChI is InChI=1S/C17H13ClN4O3S/c1-11-4-5-12-10-22(26(23,24)16(12)15(11)18)14-6-8-20-17(21-14)25-13-3-2-7-19-9-13/h2-9H,10H2,1H3. The highest BCUT2D eigenvalue weighted by Crippen LogP contribution is 2.39. The van der Waals surface area contributed by atoms with Gasteiger partial charge in [-0.05, 0) is 30.2 Å². The van der Waals surface area contributed by atoms with Crippen molar-refractivity contribution in [2.75, 3.05) is 4.31 Å². The van der Waals surface area contributed by atoms with E-state index in [0.717, 1.165) is 0 Å². The summed E-state index contributed by atoms with van der Waals surface area (Å²) in [7, 11) is -3.80. The lowest BCUT2D eigenvalue weighted by Gasteiger charge is -2.16. The lowest BCUT2D eigenvalue weighted by atomic mass is 10.1. The van der Waals surface area contributed by atoms with Gasteiger partial charge in [-0.25, -0.2) is 17.7 Å². The summed E-state index contributed by atoms with van der Waals surface area (Å²) in [4.78, 5) is 12.3. The molecule has 0 fully saturated rings. The molecule has 7 nitrogen and oxygen atoms in total. The van der Waals surface area contributed by atoms with Gasteiger partial charge in [0.05, 0.1) is 17.8 Å². The van der Waals surface area contributed by atoms with Crippen molar-refractivity contribution in [1.29, 1.82) is 0 Å². The summed E-state index contributed by atoms with van der Waals surface area (Å²) < 4.78 is 32.6. The van der Waals surface area contributed by atoms with E-state index < -0.39 is 10.0 Å². The fourth-order valence-corrected chi connectivity index (χ4v) is 4.89. The maximum absolute atomic E-state index is 13.0. The number of aryl methyl sites for hydroxylation is 1. The molecule has 0 bridgehead atoms. The Bertz CT molecular complexity index is 1090. The summed E-state index contributed by atoms with van der Waals surface area (Å²) in [5.74, 6) is 0.666. The number of nitrogens with zero attached hydrogens (tertiary/aromatic N) is 4. The smallest absolute Gasteiger partial charge is 0.323 e. The van der Waals surface area contributed by atoms with Crippen LogP contribution >= 0.6 is 11.6 Å². The summed E-state index contributed by atoms with van der Waals surface area (Å²) in [6.45, 7) is 1.92. The van der Waals surface area contributed by atoms with Gasteiger partial charge in [0.2, 0.25) is 0 Å². The van der Waals surface area contributed by atoms with Crippen molar-refractivity contribution in [2.45, 2.75) is 18.4 Å². The fourth-order valence-electron chi connectivity index (χ4n) is 2.68. The monoisotopic (exact) mass is 388 g/mol. The van der Waals surface area contributed by atoms with Crippen LogP contribution in [-0.4, -0.2) is 23.4 Å². The van der Waals surface area contributed by atoms with Crippen molar-refractivity contribution in [3.8, 4) is 11.8 Å². The van der Waals surface area contributed by atoms with Crippen LogP contribution in [0.15, 0.2) is 53.8 Å². The molecule has 1 aromatic carbocycles. The van der Waals surface area contributed by atoms with E-state index in [2.05, 4.69) is 15.0 Å². The lowest BCUT2D eigenvalue weighted by Crippen LogP contribution is -2.25. The van der Waals surface area contributed by atoms with Crippen molar-refractivity contribution in [2.24, 2.45) is 0 Å². The molecule has 2 aromatic heterocycles. The number of sulfonamides is 1. The summed E-state index contributed by atoms with van der Waals surface area (Å²) in [6.07, 6.45) is 4.57. The second kappa shape index (κ2) is 6.22. The Morgan fingerprint density at radius 1 is 1.19 bits per heavy atom. The van der Waals surface area contributed by atoms with Gasteiger partial charge in [-0.1, -0.05) is 23.7 Å². The Morgan fingerprint density at radius 2 is 2.04 bits per heavy atom.